The standard InChI is InChI=1S/C19H21N5O/c1-14-4-3-5-15(8-14)11-24-12-18(22-13-24)23-19(25)16-6-7-17(10-20-2)21-9-16/h3-9,12-13,20H,10-11H2,1-2H3,(H,23,25). The van der Waals surface area contributed by atoms with Crippen molar-refractivity contribution in [1.29, 1.82) is 0 Å². The van der Waals surface area contributed by atoms with E-state index in [2.05, 4.69) is 45.7 Å². The molecule has 0 spiro atoms. The highest BCUT2D eigenvalue weighted by molar-refractivity contribution is 6.03. The second kappa shape index (κ2) is 7.72. The van der Waals surface area contributed by atoms with Crippen LogP contribution in [0.3, 0.4) is 0 Å². The fourth-order valence-corrected chi connectivity index (χ4v) is 2.57. The number of rotatable bonds is 6. The molecule has 1 amide bonds. The summed E-state index contributed by atoms with van der Waals surface area (Å²) in [6.07, 6.45) is 5.11. The average Bonchev–Trinajstić information content (AvgIpc) is 3.02. The molecule has 6 heteroatoms. The van der Waals surface area contributed by atoms with Crippen LogP contribution in [0.1, 0.15) is 27.2 Å². The normalized spacial score (nSPS) is 10.6. The van der Waals surface area contributed by atoms with E-state index in [1.807, 2.05) is 29.9 Å². The van der Waals surface area contributed by atoms with Crippen LogP contribution in [0.4, 0.5) is 5.82 Å². The minimum atomic E-state index is -0.218. The molecule has 0 bridgehead atoms. The van der Waals surface area contributed by atoms with E-state index in [1.54, 1.807) is 18.6 Å². The molecule has 6 nitrogen and oxygen atoms in total. The highest BCUT2D eigenvalue weighted by Crippen LogP contribution is 2.10. The van der Waals surface area contributed by atoms with Crippen LogP contribution in [-0.2, 0) is 13.1 Å². The second-order valence-corrected chi connectivity index (χ2v) is 5.94. The number of imidazole rings is 1. The third-order valence-electron chi connectivity index (χ3n) is 3.77. The van der Waals surface area contributed by atoms with Gasteiger partial charge >= 0.3 is 0 Å². The summed E-state index contributed by atoms with van der Waals surface area (Å²) in [5.41, 5.74) is 3.81. The van der Waals surface area contributed by atoms with Crippen molar-refractivity contribution < 1.29 is 4.79 Å². The van der Waals surface area contributed by atoms with Crippen molar-refractivity contribution in [3.8, 4) is 0 Å². The number of amides is 1. The van der Waals surface area contributed by atoms with E-state index in [9.17, 15) is 4.79 Å². The number of carbonyl (C=O) groups is 1. The summed E-state index contributed by atoms with van der Waals surface area (Å²) < 4.78 is 1.94. The summed E-state index contributed by atoms with van der Waals surface area (Å²) in [4.78, 5) is 20.8. The molecular weight excluding hydrogens is 314 g/mol. The van der Waals surface area contributed by atoms with Crippen molar-refractivity contribution >= 4 is 11.7 Å². The van der Waals surface area contributed by atoms with Crippen molar-refractivity contribution in [1.82, 2.24) is 19.9 Å². The summed E-state index contributed by atoms with van der Waals surface area (Å²) in [5.74, 6) is 0.307. The fourth-order valence-electron chi connectivity index (χ4n) is 2.57. The van der Waals surface area contributed by atoms with Gasteiger partial charge in [-0.15, -0.1) is 0 Å². The maximum atomic E-state index is 12.3. The van der Waals surface area contributed by atoms with E-state index in [0.29, 0.717) is 24.5 Å². The van der Waals surface area contributed by atoms with E-state index in [0.717, 1.165) is 5.69 Å². The van der Waals surface area contributed by atoms with Crippen LogP contribution in [0.5, 0.6) is 0 Å². The Balaban J connectivity index is 1.63. The van der Waals surface area contributed by atoms with Gasteiger partial charge in [0.1, 0.15) is 0 Å². The van der Waals surface area contributed by atoms with Crippen molar-refractivity contribution in [2.24, 2.45) is 0 Å². The minimum Gasteiger partial charge on any atom is -0.331 e. The number of hydrogen-bond acceptors (Lipinski definition) is 4. The molecule has 128 valence electrons. The monoisotopic (exact) mass is 335 g/mol. The average molecular weight is 335 g/mol. The van der Waals surface area contributed by atoms with Gasteiger partial charge in [0.2, 0.25) is 0 Å². The van der Waals surface area contributed by atoms with Crippen molar-refractivity contribution in [2.45, 2.75) is 20.0 Å². The van der Waals surface area contributed by atoms with Gasteiger partial charge in [-0.3, -0.25) is 9.78 Å². The van der Waals surface area contributed by atoms with Gasteiger partial charge in [-0.25, -0.2) is 4.98 Å². The lowest BCUT2D eigenvalue weighted by atomic mass is 10.1. The van der Waals surface area contributed by atoms with Crippen LogP contribution in [0, 0.1) is 6.92 Å². The number of aryl methyl sites for hydroxylation is 1. The molecule has 2 N–H and O–H groups in total. The fraction of sp³-hybridized carbons (Fsp3) is 0.211. The molecule has 0 unspecified atom stereocenters. The lowest BCUT2D eigenvalue weighted by Gasteiger charge is -2.04. The Morgan fingerprint density at radius 2 is 2.08 bits per heavy atom. The first-order chi connectivity index (χ1) is 12.1. The number of anilines is 1. The summed E-state index contributed by atoms with van der Waals surface area (Å²) in [6.45, 7) is 3.45. The van der Waals surface area contributed by atoms with Crippen LogP contribution in [-0.4, -0.2) is 27.5 Å². The van der Waals surface area contributed by atoms with Crippen LogP contribution < -0.4 is 10.6 Å². The summed E-state index contributed by atoms with van der Waals surface area (Å²) in [5, 5.41) is 5.82. The summed E-state index contributed by atoms with van der Waals surface area (Å²) in [7, 11) is 1.86. The van der Waals surface area contributed by atoms with Gasteiger partial charge in [0.25, 0.3) is 5.91 Å². The molecule has 25 heavy (non-hydrogen) atoms. The van der Waals surface area contributed by atoms with Gasteiger partial charge in [-0.05, 0) is 31.7 Å². The van der Waals surface area contributed by atoms with E-state index < -0.39 is 0 Å². The van der Waals surface area contributed by atoms with Crippen LogP contribution in [0.2, 0.25) is 0 Å². The molecular formula is C19H21N5O. The molecule has 0 radical (unpaired) electrons. The first-order valence-corrected chi connectivity index (χ1v) is 8.12. The predicted molar refractivity (Wildman–Crippen MR) is 97.5 cm³/mol. The zero-order valence-corrected chi connectivity index (χ0v) is 14.4. The van der Waals surface area contributed by atoms with E-state index >= 15 is 0 Å². The van der Waals surface area contributed by atoms with Gasteiger partial charge in [0, 0.05) is 25.5 Å². The zero-order chi connectivity index (χ0) is 17.6. The number of nitrogens with zero attached hydrogens (tertiary/aromatic N) is 3. The molecule has 2 aromatic heterocycles. The molecule has 0 aliphatic heterocycles. The maximum Gasteiger partial charge on any atom is 0.258 e. The summed E-state index contributed by atoms with van der Waals surface area (Å²) >= 11 is 0. The van der Waals surface area contributed by atoms with Crippen molar-refractivity contribution in [3.63, 3.8) is 0 Å². The first kappa shape index (κ1) is 16.9. The van der Waals surface area contributed by atoms with Gasteiger partial charge < -0.3 is 15.2 Å². The van der Waals surface area contributed by atoms with Gasteiger partial charge in [0.05, 0.1) is 17.6 Å². The molecule has 3 aromatic rings. The van der Waals surface area contributed by atoms with Crippen LogP contribution in [0.25, 0.3) is 0 Å². The van der Waals surface area contributed by atoms with E-state index in [-0.39, 0.29) is 5.91 Å². The molecule has 0 aliphatic carbocycles. The second-order valence-electron chi connectivity index (χ2n) is 5.94. The smallest absolute Gasteiger partial charge is 0.258 e. The molecule has 0 fully saturated rings. The molecule has 0 atom stereocenters. The maximum absolute atomic E-state index is 12.3. The Hall–Kier alpha value is -2.99. The van der Waals surface area contributed by atoms with Crippen LogP contribution in [0.15, 0.2) is 55.1 Å². The number of nitrogens with one attached hydrogen (secondary N) is 2. The Kier molecular flexibility index (Phi) is 5.20. The Bertz CT molecular complexity index is 854. The molecule has 1 aromatic carbocycles. The number of benzene rings is 1. The molecule has 0 aliphatic rings. The quantitative estimate of drug-likeness (QED) is 0.726. The minimum absolute atomic E-state index is 0.218. The van der Waals surface area contributed by atoms with Gasteiger partial charge in [-0.1, -0.05) is 29.8 Å². The van der Waals surface area contributed by atoms with Crippen LogP contribution >= 0.6 is 0 Å². The number of carbonyl (C=O) groups excluding carboxylic acids is 1. The highest BCUT2D eigenvalue weighted by Gasteiger charge is 2.09. The third kappa shape index (κ3) is 4.51. The lowest BCUT2D eigenvalue weighted by Crippen LogP contribution is -2.13. The summed E-state index contributed by atoms with van der Waals surface area (Å²) in [6, 6.07) is 11.9. The first-order valence-electron chi connectivity index (χ1n) is 8.12. The Morgan fingerprint density at radius 1 is 1.20 bits per heavy atom. The van der Waals surface area contributed by atoms with Gasteiger partial charge in [0.15, 0.2) is 5.82 Å². The van der Waals surface area contributed by atoms with E-state index in [1.165, 1.54) is 11.1 Å². The van der Waals surface area contributed by atoms with Crippen molar-refractivity contribution in [3.05, 3.63) is 77.5 Å². The predicted octanol–water partition coefficient (Wildman–Crippen LogP) is 2.61. The topological polar surface area (TPSA) is 71.8 Å². The zero-order valence-electron chi connectivity index (χ0n) is 14.4. The van der Waals surface area contributed by atoms with Crippen molar-refractivity contribution in [2.75, 3.05) is 12.4 Å². The number of hydrogen-bond donors (Lipinski definition) is 2. The van der Waals surface area contributed by atoms with E-state index in [4.69, 9.17) is 0 Å². The number of aromatic nitrogens is 3. The SMILES string of the molecule is CNCc1ccc(C(=O)Nc2cn(Cc3cccc(C)c3)cn2)cn1. The largest absolute Gasteiger partial charge is 0.331 e. The number of pyridine rings is 1. The van der Waals surface area contributed by atoms with Gasteiger partial charge in [-0.2, -0.15) is 0 Å². The molecule has 0 saturated carbocycles. The Morgan fingerprint density at radius 3 is 2.80 bits per heavy atom. The Labute approximate surface area is 146 Å². The molecule has 0 saturated heterocycles. The lowest BCUT2D eigenvalue weighted by molar-refractivity contribution is 0.102. The molecule has 3 rings (SSSR count). The highest BCUT2D eigenvalue weighted by atomic mass is 16.1. The third-order valence-corrected chi connectivity index (χ3v) is 3.77. The molecule has 2 heterocycles.